The Hall–Kier alpha value is -2.98. The summed E-state index contributed by atoms with van der Waals surface area (Å²) in [5.74, 6) is 0.261. The number of hydrogen-bond acceptors (Lipinski definition) is 3. The topological polar surface area (TPSA) is 50.4 Å². The number of carbonyl (C=O) groups is 1. The van der Waals surface area contributed by atoms with Gasteiger partial charge in [-0.3, -0.25) is 4.79 Å². The van der Waals surface area contributed by atoms with Gasteiger partial charge in [-0.15, -0.1) is 0 Å². The minimum absolute atomic E-state index is 0.104. The van der Waals surface area contributed by atoms with Crippen molar-refractivity contribution in [2.24, 2.45) is 0 Å². The first kappa shape index (κ1) is 21.7. The van der Waals surface area contributed by atoms with Crippen LogP contribution in [0.2, 0.25) is 5.02 Å². The van der Waals surface area contributed by atoms with Crippen LogP contribution in [0.5, 0.6) is 5.75 Å². The molecule has 0 fully saturated rings. The lowest BCUT2D eigenvalue weighted by atomic mass is 10.1. The van der Waals surface area contributed by atoms with Gasteiger partial charge in [0, 0.05) is 17.9 Å². The molecule has 0 radical (unpaired) electrons. The van der Waals surface area contributed by atoms with E-state index in [2.05, 4.69) is 42.7 Å². The van der Waals surface area contributed by atoms with Crippen LogP contribution >= 0.6 is 11.6 Å². The molecule has 0 aliphatic rings. The third kappa shape index (κ3) is 5.77. The van der Waals surface area contributed by atoms with Crippen molar-refractivity contribution in [2.45, 2.75) is 34.2 Å². The normalized spacial score (nSPS) is 10.6. The molecule has 0 atom stereocenters. The van der Waals surface area contributed by atoms with Crippen LogP contribution in [0.4, 0.5) is 11.4 Å². The second kappa shape index (κ2) is 9.68. The number of anilines is 2. The standard InChI is InChI=1S/C25H27ClN2O2/c1-16-5-8-21(11-18(16)3)27-14-20-7-10-24(23(26)13-20)30-15-25(29)28-22-9-6-17(2)19(4)12-22/h5-13,27H,14-15H2,1-4H3,(H,28,29). The predicted molar refractivity (Wildman–Crippen MR) is 125 cm³/mol. The van der Waals surface area contributed by atoms with Crippen LogP contribution in [0.25, 0.3) is 0 Å². The number of aryl methyl sites for hydroxylation is 4. The summed E-state index contributed by atoms with van der Waals surface area (Å²) in [6, 6.07) is 17.7. The molecule has 2 N–H and O–H groups in total. The number of ether oxygens (including phenoxy) is 1. The third-order valence-electron chi connectivity index (χ3n) is 5.15. The number of carbonyl (C=O) groups excluding carboxylic acids is 1. The van der Waals surface area contributed by atoms with Crippen molar-refractivity contribution in [3.8, 4) is 5.75 Å². The number of rotatable bonds is 7. The van der Waals surface area contributed by atoms with E-state index < -0.39 is 0 Å². The smallest absolute Gasteiger partial charge is 0.262 e. The molecule has 0 saturated heterocycles. The molecule has 4 nitrogen and oxygen atoms in total. The van der Waals surface area contributed by atoms with Crippen LogP contribution < -0.4 is 15.4 Å². The fourth-order valence-electron chi connectivity index (χ4n) is 2.99. The molecular formula is C25H27ClN2O2. The van der Waals surface area contributed by atoms with Gasteiger partial charge in [-0.2, -0.15) is 0 Å². The molecule has 0 spiro atoms. The highest BCUT2D eigenvalue weighted by molar-refractivity contribution is 6.32. The van der Waals surface area contributed by atoms with E-state index in [1.165, 1.54) is 16.7 Å². The molecular weight excluding hydrogens is 396 g/mol. The Labute approximate surface area is 183 Å². The van der Waals surface area contributed by atoms with E-state index >= 15 is 0 Å². The average molecular weight is 423 g/mol. The van der Waals surface area contributed by atoms with E-state index in [0.29, 0.717) is 17.3 Å². The lowest BCUT2D eigenvalue weighted by molar-refractivity contribution is -0.118. The number of benzene rings is 3. The van der Waals surface area contributed by atoms with Crippen LogP contribution in [-0.2, 0) is 11.3 Å². The second-order valence-corrected chi connectivity index (χ2v) is 7.96. The van der Waals surface area contributed by atoms with Crippen molar-refractivity contribution < 1.29 is 9.53 Å². The van der Waals surface area contributed by atoms with Gasteiger partial charge in [-0.1, -0.05) is 29.8 Å². The van der Waals surface area contributed by atoms with Gasteiger partial charge in [-0.25, -0.2) is 0 Å². The Morgan fingerprint density at radius 1 is 0.833 bits per heavy atom. The van der Waals surface area contributed by atoms with Crippen LogP contribution in [-0.4, -0.2) is 12.5 Å². The first-order valence-corrected chi connectivity index (χ1v) is 10.3. The summed E-state index contributed by atoms with van der Waals surface area (Å²) in [5.41, 5.74) is 7.69. The van der Waals surface area contributed by atoms with E-state index in [-0.39, 0.29) is 12.5 Å². The SMILES string of the molecule is Cc1ccc(NCc2ccc(OCC(=O)Nc3ccc(C)c(C)c3)c(Cl)c2)cc1C. The van der Waals surface area contributed by atoms with Crippen molar-refractivity contribution in [3.63, 3.8) is 0 Å². The van der Waals surface area contributed by atoms with Gasteiger partial charge in [0.05, 0.1) is 5.02 Å². The van der Waals surface area contributed by atoms with Gasteiger partial charge in [-0.05, 0) is 91.9 Å². The summed E-state index contributed by atoms with van der Waals surface area (Å²) in [6.07, 6.45) is 0. The molecule has 30 heavy (non-hydrogen) atoms. The third-order valence-corrected chi connectivity index (χ3v) is 5.44. The van der Waals surface area contributed by atoms with Crippen LogP contribution in [0.3, 0.4) is 0 Å². The van der Waals surface area contributed by atoms with Gasteiger partial charge in [0.25, 0.3) is 5.91 Å². The van der Waals surface area contributed by atoms with Crippen molar-refractivity contribution in [1.29, 1.82) is 0 Å². The molecule has 3 rings (SSSR count). The lowest BCUT2D eigenvalue weighted by Gasteiger charge is -2.12. The monoisotopic (exact) mass is 422 g/mol. The van der Waals surface area contributed by atoms with Gasteiger partial charge >= 0.3 is 0 Å². The Kier molecular flexibility index (Phi) is 7.01. The molecule has 5 heteroatoms. The molecule has 0 unspecified atom stereocenters. The maximum Gasteiger partial charge on any atom is 0.262 e. The molecule has 0 aliphatic carbocycles. The highest BCUT2D eigenvalue weighted by Gasteiger charge is 2.08. The van der Waals surface area contributed by atoms with Crippen LogP contribution in [0, 0.1) is 27.7 Å². The summed E-state index contributed by atoms with van der Waals surface area (Å²) < 4.78 is 5.61. The summed E-state index contributed by atoms with van der Waals surface area (Å²) in [7, 11) is 0. The summed E-state index contributed by atoms with van der Waals surface area (Å²) in [5, 5.41) is 6.72. The zero-order valence-electron chi connectivity index (χ0n) is 17.8. The zero-order chi connectivity index (χ0) is 21.7. The maximum atomic E-state index is 12.2. The van der Waals surface area contributed by atoms with E-state index in [4.69, 9.17) is 16.3 Å². The molecule has 0 aliphatic heterocycles. The fourth-order valence-corrected chi connectivity index (χ4v) is 3.24. The molecule has 3 aromatic carbocycles. The highest BCUT2D eigenvalue weighted by atomic mass is 35.5. The quantitative estimate of drug-likeness (QED) is 0.476. The molecule has 3 aromatic rings. The number of hydrogen-bond donors (Lipinski definition) is 2. The Morgan fingerprint density at radius 3 is 2.10 bits per heavy atom. The minimum Gasteiger partial charge on any atom is -0.482 e. The maximum absolute atomic E-state index is 12.2. The Morgan fingerprint density at radius 2 is 1.47 bits per heavy atom. The van der Waals surface area contributed by atoms with Crippen molar-refractivity contribution >= 4 is 28.9 Å². The van der Waals surface area contributed by atoms with Crippen molar-refractivity contribution in [1.82, 2.24) is 0 Å². The molecule has 0 heterocycles. The number of halogens is 1. The largest absolute Gasteiger partial charge is 0.482 e. The second-order valence-electron chi connectivity index (χ2n) is 7.55. The van der Waals surface area contributed by atoms with E-state index in [1.807, 2.05) is 44.2 Å². The van der Waals surface area contributed by atoms with Crippen LogP contribution in [0.1, 0.15) is 27.8 Å². The molecule has 0 bridgehead atoms. The first-order chi connectivity index (χ1) is 14.3. The first-order valence-electron chi connectivity index (χ1n) is 9.91. The van der Waals surface area contributed by atoms with E-state index in [1.54, 1.807) is 6.07 Å². The highest BCUT2D eigenvalue weighted by Crippen LogP contribution is 2.26. The van der Waals surface area contributed by atoms with E-state index in [0.717, 1.165) is 22.5 Å². The van der Waals surface area contributed by atoms with Crippen molar-refractivity contribution in [3.05, 3.63) is 87.4 Å². The summed E-state index contributed by atoms with van der Waals surface area (Å²) in [4.78, 5) is 12.2. The molecule has 0 saturated carbocycles. The molecule has 1 amide bonds. The van der Waals surface area contributed by atoms with Gasteiger partial charge in [0.1, 0.15) is 5.75 Å². The van der Waals surface area contributed by atoms with Crippen LogP contribution in [0.15, 0.2) is 54.6 Å². The van der Waals surface area contributed by atoms with Gasteiger partial charge < -0.3 is 15.4 Å². The minimum atomic E-state index is -0.227. The number of nitrogens with one attached hydrogen (secondary N) is 2. The summed E-state index contributed by atoms with van der Waals surface area (Å²) in [6.45, 7) is 8.78. The Bertz CT molecular complexity index is 1060. The summed E-state index contributed by atoms with van der Waals surface area (Å²) >= 11 is 6.35. The fraction of sp³-hybridized carbons (Fsp3) is 0.240. The number of amides is 1. The molecule has 0 aromatic heterocycles. The van der Waals surface area contributed by atoms with Crippen molar-refractivity contribution in [2.75, 3.05) is 17.2 Å². The average Bonchev–Trinajstić information content (AvgIpc) is 2.71. The van der Waals surface area contributed by atoms with Gasteiger partial charge in [0.2, 0.25) is 0 Å². The van der Waals surface area contributed by atoms with E-state index in [9.17, 15) is 4.79 Å². The lowest BCUT2D eigenvalue weighted by Crippen LogP contribution is -2.20. The zero-order valence-corrected chi connectivity index (χ0v) is 18.6. The predicted octanol–water partition coefficient (Wildman–Crippen LogP) is 6.20. The molecule has 156 valence electrons. The van der Waals surface area contributed by atoms with Gasteiger partial charge in [0.15, 0.2) is 6.61 Å². The Balaban J connectivity index is 1.53.